The Balaban J connectivity index is 2.08. The fourth-order valence-electron chi connectivity index (χ4n) is 1.76. The molecular formula is C16H15IN2OS. The van der Waals surface area contributed by atoms with Gasteiger partial charge in [0.25, 0.3) is 5.91 Å². The number of para-hydroxylation sites is 1. The highest BCUT2D eigenvalue weighted by molar-refractivity contribution is 14.1. The van der Waals surface area contributed by atoms with E-state index in [1.54, 1.807) is 11.0 Å². The molecule has 21 heavy (non-hydrogen) atoms. The number of aryl methyl sites for hydroxylation is 1. The molecule has 2 rings (SSSR count). The summed E-state index contributed by atoms with van der Waals surface area (Å²) in [5.41, 5.74) is 2.69. The van der Waals surface area contributed by atoms with Crippen LogP contribution in [0.5, 0.6) is 0 Å². The summed E-state index contributed by atoms with van der Waals surface area (Å²) in [7, 11) is 1.83. The van der Waals surface area contributed by atoms with Crippen LogP contribution in [0.4, 0.5) is 5.69 Å². The molecule has 1 N–H and O–H groups in total. The Morgan fingerprint density at radius 1 is 1.19 bits per heavy atom. The summed E-state index contributed by atoms with van der Waals surface area (Å²) in [5.74, 6) is -0.194. The quantitative estimate of drug-likeness (QED) is 0.605. The van der Waals surface area contributed by atoms with Crippen molar-refractivity contribution in [2.24, 2.45) is 0 Å². The zero-order chi connectivity index (χ0) is 15.4. The summed E-state index contributed by atoms with van der Waals surface area (Å²) in [4.78, 5) is 14.0. The second-order valence-corrected chi connectivity index (χ2v) is 6.17. The van der Waals surface area contributed by atoms with Gasteiger partial charge in [0.1, 0.15) is 0 Å². The molecule has 0 fully saturated rings. The third-order valence-corrected chi connectivity index (χ3v) is 4.64. The van der Waals surface area contributed by atoms with E-state index in [0.29, 0.717) is 10.7 Å². The Morgan fingerprint density at radius 3 is 2.48 bits per heavy atom. The topological polar surface area (TPSA) is 32.3 Å². The van der Waals surface area contributed by atoms with Gasteiger partial charge in [-0.25, -0.2) is 0 Å². The molecule has 0 saturated carbocycles. The monoisotopic (exact) mass is 410 g/mol. The van der Waals surface area contributed by atoms with Crippen molar-refractivity contribution >= 4 is 51.5 Å². The van der Waals surface area contributed by atoms with Crippen LogP contribution in [0.2, 0.25) is 0 Å². The maximum Gasteiger partial charge on any atom is 0.257 e. The average Bonchev–Trinajstić information content (AvgIpc) is 2.50. The van der Waals surface area contributed by atoms with Gasteiger partial charge >= 0.3 is 0 Å². The Hall–Kier alpha value is -1.47. The molecule has 0 bridgehead atoms. The third kappa shape index (κ3) is 4.01. The highest BCUT2D eigenvalue weighted by Crippen LogP contribution is 2.14. The molecule has 108 valence electrons. The highest BCUT2D eigenvalue weighted by atomic mass is 127. The number of nitrogens with zero attached hydrogens (tertiary/aromatic N) is 1. The highest BCUT2D eigenvalue weighted by Gasteiger charge is 2.12. The van der Waals surface area contributed by atoms with Crippen molar-refractivity contribution in [2.75, 3.05) is 11.9 Å². The Morgan fingerprint density at radius 2 is 1.86 bits per heavy atom. The van der Waals surface area contributed by atoms with E-state index in [2.05, 4.69) is 27.9 Å². The molecule has 0 aliphatic heterocycles. The number of hydrogen-bond acceptors (Lipinski definition) is 2. The summed E-state index contributed by atoms with van der Waals surface area (Å²) in [6.07, 6.45) is 0. The van der Waals surface area contributed by atoms with Crippen molar-refractivity contribution in [3.05, 3.63) is 63.2 Å². The van der Waals surface area contributed by atoms with E-state index < -0.39 is 0 Å². The minimum atomic E-state index is -0.194. The maximum atomic E-state index is 12.2. The van der Waals surface area contributed by atoms with Gasteiger partial charge < -0.3 is 4.90 Å². The van der Waals surface area contributed by atoms with Gasteiger partial charge in [0.2, 0.25) is 0 Å². The minimum Gasteiger partial charge on any atom is -0.322 e. The summed E-state index contributed by atoms with van der Waals surface area (Å²) >= 11 is 7.50. The van der Waals surface area contributed by atoms with Crippen molar-refractivity contribution in [3.63, 3.8) is 0 Å². The van der Waals surface area contributed by atoms with Crippen LogP contribution in [0.25, 0.3) is 0 Å². The van der Waals surface area contributed by atoms with Crippen LogP contribution in [-0.2, 0) is 0 Å². The van der Waals surface area contributed by atoms with Gasteiger partial charge in [-0.05, 0) is 71.6 Å². The summed E-state index contributed by atoms with van der Waals surface area (Å²) in [5, 5.41) is 3.13. The van der Waals surface area contributed by atoms with Gasteiger partial charge in [-0.2, -0.15) is 0 Å². The lowest BCUT2D eigenvalue weighted by Gasteiger charge is -2.20. The van der Waals surface area contributed by atoms with Gasteiger partial charge in [-0.15, -0.1) is 0 Å². The lowest BCUT2D eigenvalue weighted by atomic mass is 10.1. The molecule has 0 atom stereocenters. The molecule has 3 nitrogen and oxygen atoms in total. The number of carbonyl (C=O) groups excluding carboxylic acids is 1. The predicted octanol–water partition coefficient (Wildman–Crippen LogP) is 3.75. The van der Waals surface area contributed by atoms with Gasteiger partial charge in [-0.3, -0.25) is 10.1 Å². The molecule has 0 unspecified atom stereocenters. The van der Waals surface area contributed by atoms with E-state index >= 15 is 0 Å². The van der Waals surface area contributed by atoms with E-state index in [1.807, 2.05) is 56.4 Å². The molecule has 0 heterocycles. The molecule has 0 radical (unpaired) electrons. The standard InChI is InChI=1S/C16H15IN2OS/c1-11-8-9-12(10-14(11)17)15(20)18-16(21)19(2)13-6-4-3-5-7-13/h3-10H,1-2H3,(H,18,20,21). The molecule has 0 aliphatic carbocycles. The van der Waals surface area contributed by atoms with Crippen molar-refractivity contribution in [1.82, 2.24) is 5.32 Å². The van der Waals surface area contributed by atoms with E-state index in [1.165, 1.54) is 0 Å². The molecule has 0 spiro atoms. The van der Waals surface area contributed by atoms with Crippen LogP contribution in [0, 0.1) is 10.5 Å². The SMILES string of the molecule is Cc1ccc(C(=O)NC(=S)N(C)c2ccccc2)cc1I. The van der Waals surface area contributed by atoms with E-state index in [-0.39, 0.29) is 5.91 Å². The van der Waals surface area contributed by atoms with Gasteiger partial charge in [0, 0.05) is 21.9 Å². The van der Waals surface area contributed by atoms with Gasteiger partial charge in [-0.1, -0.05) is 24.3 Å². The second kappa shape index (κ2) is 7.00. The lowest BCUT2D eigenvalue weighted by Crippen LogP contribution is -2.40. The fraction of sp³-hybridized carbons (Fsp3) is 0.125. The van der Waals surface area contributed by atoms with Crippen molar-refractivity contribution in [1.29, 1.82) is 0 Å². The number of anilines is 1. The zero-order valence-corrected chi connectivity index (χ0v) is 14.7. The van der Waals surface area contributed by atoms with Crippen molar-refractivity contribution in [2.45, 2.75) is 6.92 Å². The van der Waals surface area contributed by atoms with E-state index in [0.717, 1.165) is 14.8 Å². The van der Waals surface area contributed by atoms with E-state index in [4.69, 9.17) is 12.2 Å². The first kappa shape index (κ1) is 15.9. The fourth-order valence-corrected chi connectivity index (χ4v) is 2.47. The molecule has 1 amide bonds. The second-order valence-electron chi connectivity index (χ2n) is 4.62. The summed E-state index contributed by atoms with van der Waals surface area (Å²) < 4.78 is 1.06. The molecule has 0 aromatic heterocycles. The molecular weight excluding hydrogens is 395 g/mol. The molecule has 0 aliphatic rings. The van der Waals surface area contributed by atoms with Crippen LogP contribution < -0.4 is 10.2 Å². The van der Waals surface area contributed by atoms with Crippen molar-refractivity contribution < 1.29 is 4.79 Å². The first-order chi connectivity index (χ1) is 9.99. The Labute approximate surface area is 143 Å². The van der Waals surface area contributed by atoms with Gasteiger partial charge in [0.15, 0.2) is 5.11 Å². The van der Waals surface area contributed by atoms with Crippen LogP contribution >= 0.6 is 34.8 Å². The number of hydrogen-bond donors (Lipinski definition) is 1. The van der Waals surface area contributed by atoms with Crippen LogP contribution in [0.15, 0.2) is 48.5 Å². The number of rotatable bonds is 2. The third-order valence-electron chi connectivity index (χ3n) is 3.10. The molecule has 2 aromatic rings. The smallest absolute Gasteiger partial charge is 0.257 e. The van der Waals surface area contributed by atoms with Crippen LogP contribution in [-0.4, -0.2) is 18.1 Å². The Bertz CT molecular complexity index is 673. The number of thiocarbonyl (C=S) groups is 1. The van der Waals surface area contributed by atoms with E-state index in [9.17, 15) is 4.79 Å². The maximum absolute atomic E-state index is 12.2. The summed E-state index contributed by atoms with van der Waals surface area (Å²) in [6.45, 7) is 2.01. The Kier molecular flexibility index (Phi) is 5.30. The van der Waals surface area contributed by atoms with Crippen LogP contribution in [0.3, 0.4) is 0 Å². The number of nitrogens with one attached hydrogen (secondary N) is 1. The summed E-state index contributed by atoms with van der Waals surface area (Å²) in [6, 6.07) is 15.3. The van der Waals surface area contributed by atoms with Crippen molar-refractivity contribution in [3.8, 4) is 0 Å². The largest absolute Gasteiger partial charge is 0.322 e. The zero-order valence-electron chi connectivity index (χ0n) is 11.8. The molecule has 0 saturated heterocycles. The normalized spacial score (nSPS) is 10.0. The number of amides is 1. The number of carbonyl (C=O) groups is 1. The first-order valence-electron chi connectivity index (χ1n) is 6.39. The van der Waals surface area contributed by atoms with Gasteiger partial charge in [0.05, 0.1) is 0 Å². The molecule has 2 aromatic carbocycles. The predicted molar refractivity (Wildman–Crippen MR) is 98.8 cm³/mol. The minimum absolute atomic E-state index is 0.194. The lowest BCUT2D eigenvalue weighted by molar-refractivity contribution is 0.0977. The molecule has 5 heteroatoms. The number of benzene rings is 2. The first-order valence-corrected chi connectivity index (χ1v) is 7.88. The number of halogens is 1. The average molecular weight is 410 g/mol. The van der Waals surface area contributed by atoms with Crippen LogP contribution in [0.1, 0.15) is 15.9 Å².